The summed E-state index contributed by atoms with van der Waals surface area (Å²) >= 11 is 0. The van der Waals surface area contributed by atoms with Crippen molar-refractivity contribution >= 4 is 11.5 Å². The fraction of sp³-hybridized carbons (Fsp3) is 0.375. The highest BCUT2D eigenvalue weighted by molar-refractivity contribution is 5.94. The Morgan fingerprint density at radius 2 is 1.46 bits per heavy atom. The van der Waals surface area contributed by atoms with Gasteiger partial charge in [0.15, 0.2) is 0 Å². The fourth-order valence-corrected chi connectivity index (χ4v) is 4.45. The Kier molecular flexibility index (Phi) is 5.23. The number of benzene rings is 2. The number of phenols is 1. The Morgan fingerprint density at radius 1 is 0.964 bits per heavy atom. The molecule has 2 aromatic rings. The van der Waals surface area contributed by atoms with Gasteiger partial charge in [0.05, 0.1) is 0 Å². The van der Waals surface area contributed by atoms with Crippen LogP contribution in [0.25, 0.3) is 5.57 Å². The van der Waals surface area contributed by atoms with Crippen molar-refractivity contribution in [2.24, 2.45) is 0 Å². The molecule has 2 atom stereocenters. The monoisotopic (exact) mass is 376 g/mol. The highest BCUT2D eigenvalue weighted by Crippen LogP contribution is 2.38. The fourth-order valence-electron chi connectivity index (χ4n) is 4.45. The molecule has 0 aromatic heterocycles. The normalized spacial score (nSPS) is 20.9. The van der Waals surface area contributed by atoms with E-state index in [9.17, 15) is 9.90 Å². The molecule has 2 N–H and O–H groups in total. The zero-order valence-electron chi connectivity index (χ0n) is 16.6. The molecule has 1 amide bonds. The SMILES string of the molecule is CCN(C)C(=O)c1ccc(C(=C2CC3CCC(C2)N3)c2ccc(O)cc2)cc1. The molecule has 2 saturated heterocycles. The Morgan fingerprint density at radius 3 is 2.00 bits per heavy atom. The lowest BCUT2D eigenvalue weighted by atomic mass is 9.86. The van der Waals surface area contributed by atoms with Gasteiger partial charge in [0.1, 0.15) is 5.75 Å². The lowest BCUT2D eigenvalue weighted by Gasteiger charge is -2.27. The van der Waals surface area contributed by atoms with Crippen LogP contribution in [-0.4, -0.2) is 41.6 Å². The Bertz CT molecular complexity index is 870. The summed E-state index contributed by atoms with van der Waals surface area (Å²) in [6.07, 6.45) is 4.61. The number of hydrogen-bond donors (Lipinski definition) is 2. The molecule has 28 heavy (non-hydrogen) atoms. The van der Waals surface area contributed by atoms with Gasteiger partial charge in [-0.25, -0.2) is 0 Å². The number of carbonyl (C=O) groups excluding carboxylic acids is 1. The number of nitrogens with zero attached hydrogens (tertiary/aromatic N) is 1. The minimum absolute atomic E-state index is 0.0489. The molecule has 0 aliphatic carbocycles. The summed E-state index contributed by atoms with van der Waals surface area (Å²) in [4.78, 5) is 14.2. The molecule has 4 heteroatoms. The van der Waals surface area contributed by atoms with E-state index in [2.05, 4.69) is 17.4 Å². The number of rotatable bonds is 4. The van der Waals surface area contributed by atoms with E-state index in [4.69, 9.17) is 0 Å². The van der Waals surface area contributed by atoms with Crippen LogP contribution in [0.5, 0.6) is 5.75 Å². The summed E-state index contributed by atoms with van der Waals surface area (Å²) in [5.41, 5.74) is 5.70. The van der Waals surface area contributed by atoms with Crippen molar-refractivity contribution in [3.63, 3.8) is 0 Å². The van der Waals surface area contributed by atoms with E-state index in [0.717, 1.165) is 24.0 Å². The van der Waals surface area contributed by atoms with Crippen LogP contribution in [0, 0.1) is 0 Å². The van der Waals surface area contributed by atoms with Gasteiger partial charge in [-0.05, 0) is 73.6 Å². The standard InChI is InChI=1S/C24H28N2O2/c1-3-26(2)24(28)18-6-4-16(5-7-18)23(17-8-12-22(27)13-9-17)19-14-20-10-11-21(15-19)25-20/h4-9,12-13,20-21,25,27H,3,10-11,14-15H2,1-2H3. The molecular formula is C24H28N2O2. The summed E-state index contributed by atoms with van der Waals surface area (Å²) in [6.45, 7) is 2.67. The van der Waals surface area contributed by atoms with Crippen LogP contribution >= 0.6 is 0 Å². The predicted octanol–water partition coefficient (Wildman–Crippen LogP) is 4.20. The molecule has 0 saturated carbocycles. The number of aromatic hydroxyl groups is 1. The van der Waals surface area contributed by atoms with Gasteiger partial charge in [-0.1, -0.05) is 29.8 Å². The maximum atomic E-state index is 12.4. The zero-order valence-corrected chi connectivity index (χ0v) is 16.6. The molecule has 2 aliphatic heterocycles. The average Bonchev–Trinajstić information content (AvgIpc) is 3.07. The number of amides is 1. The average molecular weight is 376 g/mol. The lowest BCUT2D eigenvalue weighted by Crippen LogP contribution is -2.35. The molecule has 0 radical (unpaired) electrons. The van der Waals surface area contributed by atoms with Gasteiger partial charge in [-0.15, -0.1) is 0 Å². The summed E-state index contributed by atoms with van der Waals surface area (Å²) < 4.78 is 0. The van der Waals surface area contributed by atoms with Gasteiger partial charge in [0.2, 0.25) is 0 Å². The molecule has 4 rings (SSSR count). The van der Waals surface area contributed by atoms with Gasteiger partial charge >= 0.3 is 0 Å². The first kappa shape index (κ1) is 18.8. The molecular weight excluding hydrogens is 348 g/mol. The smallest absolute Gasteiger partial charge is 0.253 e. The second-order valence-electron chi connectivity index (χ2n) is 7.97. The maximum Gasteiger partial charge on any atom is 0.253 e. The number of phenolic OH excluding ortho intramolecular Hbond substituents is 1. The molecule has 2 heterocycles. The number of carbonyl (C=O) groups is 1. The highest BCUT2D eigenvalue weighted by Gasteiger charge is 2.32. The Hall–Kier alpha value is -2.59. The van der Waals surface area contributed by atoms with Crippen LogP contribution < -0.4 is 5.32 Å². The van der Waals surface area contributed by atoms with Gasteiger partial charge in [-0.3, -0.25) is 4.79 Å². The third-order valence-corrected chi connectivity index (χ3v) is 6.07. The number of nitrogens with one attached hydrogen (secondary N) is 1. The van der Waals surface area contributed by atoms with Crippen molar-refractivity contribution < 1.29 is 9.90 Å². The molecule has 2 aliphatic rings. The van der Waals surface area contributed by atoms with E-state index < -0.39 is 0 Å². The van der Waals surface area contributed by atoms with Crippen molar-refractivity contribution in [3.05, 3.63) is 70.8 Å². The second-order valence-corrected chi connectivity index (χ2v) is 7.97. The Balaban J connectivity index is 1.74. The molecule has 2 aromatic carbocycles. The third kappa shape index (κ3) is 3.69. The molecule has 146 valence electrons. The minimum atomic E-state index is 0.0489. The van der Waals surface area contributed by atoms with Crippen LogP contribution in [-0.2, 0) is 0 Å². The van der Waals surface area contributed by atoms with Crippen molar-refractivity contribution in [1.82, 2.24) is 10.2 Å². The summed E-state index contributed by atoms with van der Waals surface area (Å²) in [5.74, 6) is 0.329. The molecule has 2 bridgehead atoms. The van der Waals surface area contributed by atoms with Crippen molar-refractivity contribution in [2.75, 3.05) is 13.6 Å². The van der Waals surface area contributed by atoms with E-state index in [1.54, 1.807) is 17.0 Å². The van der Waals surface area contributed by atoms with E-state index in [1.165, 1.54) is 24.0 Å². The quantitative estimate of drug-likeness (QED) is 0.841. The van der Waals surface area contributed by atoms with Crippen molar-refractivity contribution in [1.29, 1.82) is 0 Å². The number of hydrogen-bond acceptors (Lipinski definition) is 3. The minimum Gasteiger partial charge on any atom is -0.508 e. The van der Waals surface area contributed by atoms with Gasteiger partial charge in [0, 0.05) is 31.2 Å². The van der Waals surface area contributed by atoms with E-state index >= 15 is 0 Å². The number of piperidine rings is 1. The van der Waals surface area contributed by atoms with Crippen molar-refractivity contribution in [3.8, 4) is 5.75 Å². The summed E-state index contributed by atoms with van der Waals surface area (Å²) in [6, 6.07) is 16.6. The highest BCUT2D eigenvalue weighted by atomic mass is 16.3. The molecule has 0 spiro atoms. The first-order valence-corrected chi connectivity index (χ1v) is 10.2. The third-order valence-electron chi connectivity index (χ3n) is 6.07. The van der Waals surface area contributed by atoms with Crippen LogP contribution in [0.15, 0.2) is 54.1 Å². The molecule has 4 nitrogen and oxygen atoms in total. The Labute approximate surface area is 166 Å². The van der Waals surface area contributed by atoms with E-state index in [-0.39, 0.29) is 11.7 Å². The number of fused-ring (bicyclic) bond motifs is 2. The van der Waals surface area contributed by atoms with Crippen LogP contribution in [0.3, 0.4) is 0 Å². The van der Waals surface area contributed by atoms with Crippen LogP contribution in [0.4, 0.5) is 0 Å². The first-order valence-electron chi connectivity index (χ1n) is 10.2. The van der Waals surface area contributed by atoms with Gasteiger partial charge in [0.25, 0.3) is 5.91 Å². The lowest BCUT2D eigenvalue weighted by molar-refractivity contribution is 0.0802. The maximum absolute atomic E-state index is 12.4. The largest absolute Gasteiger partial charge is 0.508 e. The summed E-state index contributed by atoms with van der Waals surface area (Å²) in [7, 11) is 1.82. The van der Waals surface area contributed by atoms with Crippen LogP contribution in [0.1, 0.15) is 54.1 Å². The zero-order chi connectivity index (χ0) is 19.7. The first-order chi connectivity index (χ1) is 13.5. The summed E-state index contributed by atoms with van der Waals surface area (Å²) in [5, 5.41) is 13.4. The van der Waals surface area contributed by atoms with Gasteiger partial charge < -0.3 is 15.3 Å². The molecule has 2 fully saturated rings. The topological polar surface area (TPSA) is 52.6 Å². The van der Waals surface area contributed by atoms with E-state index in [0.29, 0.717) is 24.2 Å². The second kappa shape index (κ2) is 7.80. The van der Waals surface area contributed by atoms with E-state index in [1.807, 2.05) is 38.2 Å². The molecule has 2 unspecified atom stereocenters. The predicted molar refractivity (Wildman–Crippen MR) is 112 cm³/mol. The van der Waals surface area contributed by atoms with Gasteiger partial charge in [-0.2, -0.15) is 0 Å². The van der Waals surface area contributed by atoms with Crippen LogP contribution in [0.2, 0.25) is 0 Å². The van der Waals surface area contributed by atoms with Crippen molar-refractivity contribution in [2.45, 2.75) is 44.7 Å².